The van der Waals surface area contributed by atoms with E-state index in [2.05, 4.69) is 12.8 Å². The van der Waals surface area contributed by atoms with Crippen LogP contribution in [0.3, 0.4) is 0 Å². The first-order chi connectivity index (χ1) is 11.4. The molecule has 0 radical (unpaired) electrons. The lowest BCUT2D eigenvalue weighted by Crippen LogP contribution is -2.56. The van der Waals surface area contributed by atoms with E-state index in [9.17, 15) is 15.0 Å². The second-order valence-corrected chi connectivity index (χ2v) is 8.87. The number of ketones is 1. The highest BCUT2D eigenvalue weighted by molar-refractivity contribution is 5.91. The van der Waals surface area contributed by atoms with E-state index in [1.54, 1.807) is 0 Å². The molecule has 4 aliphatic carbocycles. The lowest BCUT2D eigenvalue weighted by atomic mass is 9.46. The first-order valence-corrected chi connectivity index (χ1v) is 9.45. The number of aliphatic hydroxyl groups is 2. The van der Waals surface area contributed by atoms with Gasteiger partial charge in [-0.2, -0.15) is 0 Å². The molecule has 0 aromatic heterocycles. The molecule has 0 bridgehead atoms. The van der Waals surface area contributed by atoms with E-state index in [1.807, 2.05) is 6.08 Å². The van der Waals surface area contributed by atoms with Gasteiger partial charge in [-0.15, -0.1) is 6.42 Å². The van der Waals surface area contributed by atoms with Crippen molar-refractivity contribution >= 4 is 5.78 Å². The molecular weight excluding hydrogens is 300 g/mol. The van der Waals surface area contributed by atoms with Crippen molar-refractivity contribution in [3.05, 3.63) is 11.6 Å². The van der Waals surface area contributed by atoms with E-state index >= 15 is 0 Å². The second-order valence-electron chi connectivity index (χ2n) is 8.87. The maximum absolute atomic E-state index is 11.9. The van der Waals surface area contributed by atoms with Crippen LogP contribution in [0.15, 0.2) is 11.6 Å². The Morgan fingerprint density at radius 1 is 1.21 bits per heavy atom. The van der Waals surface area contributed by atoms with Crippen LogP contribution in [0.25, 0.3) is 0 Å². The van der Waals surface area contributed by atoms with Crippen molar-refractivity contribution in [3.63, 3.8) is 0 Å². The first-order valence-electron chi connectivity index (χ1n) is 9.45. The number of aliphatic hydroxyl groups excluding tert-OH is 1. The van der Waals surface area contributed by atoms with Gasteiger partial charge in [0.1, 0.15) is 5.60 Å². The van der Waals surface area contributed by atoms with E-state index in [-0.39, 0.29) is 23.2 Å². The van der Waals surface area contributed by atoms with Gasteiger partial charge < -0.3 is 10.2 Å². The highest BCUT2D eigenvalue weighted by Gasteiger charge is 2.64. The number of hydrogen-bond acceptors (Lipinski definition) is 3. The Balaban J connectivity index is 1.72. The number of carbonyl (C=O) groups excluding carboxylic acids is 1. The van der Waals surface area contributed by atoms with Crippen LogP contribution in [-0.2, 0) is 4.79 Å². The summed E-state index contributed by atoms with van der Waals surface area (Å²) in [6.07, 6.45) is 14.5. The summed E-state index contributed by atoms with van der Waals surface area (Å²) in [5, 5.41) is 21.3. The lowest BCUT2D eigenvalue weighted by Gasteiger charge is -2.59. The highest BCUT2D eigenvalue weighted by Crippen LogP contribution is 2.67. The average Bonchev–Trinajstić information content (AvgIpc) is 2.86. The minimum absolute atomic E-state index is 0.149. The minimum atomic E-state index is -0.979. The van der Waals surface area contributed by atoms with E-state index < -0.39 is 5.60 Å². The zero-order chi connectivity index (χ0) is 17.2. The Bertz CT molecular complexity index is 644. The summed E-state index contributed by atoms with van der Waals surface area (Å²) >= 11 is 0. The van der Waals surface area contributed by atoms with E-state index in [0.717, 1.165) is 38.5 Å². The fourth-order valence-electron chi connectivity index (χ4n) is 6.91. The van der Waals surface area contributed by atoms with Crippen molar-refractivity contribution in [3.8, 4) is 12.3 Å². The van der Waals surface area contributed by atoms with Crippen LogP contribution in [0.1, 0.15) is 58.3 Å². The van der Waals surface area contributed by atoms with Crippen LogP contribution in [0.5, 0.6) is 0 Å². The van der Waals surface area contributed by atoms with Gasteiger partial charge >= 0.3 is 0 Å². The molecule has 0 saturated heterocycles. The zero-order valence-electron chi connectivity index (χ0n) is 14.6. The Morgan fingerprint density at radius 3 is 2.67 bits per heavy atom. The van der Waals surface area contributed by atoms with Gasteiger partial charge in [0.2, 0.25) is 0 Å². The summed E-state index contributed by atoms with van der Waals surface area (Å²) in [6, 6.07) is 0. The third-order valence-corrected chi connectivity index (χ3v) is 8.36. The number of hydrogen-bond donors (Lipinski definition) is 2. The molecule has 0 aromatic carbocycles. The summed E-state index contributed by atoms with van der Waals surface area (Å²) in [7, 11) is 0. The van der Waals surface area contributed by atoms with Gasteiger partial charge in [-0.25, -0.2) is 0 Å². The number of fused-ring (bicyclic) bond motifs is 5. The Hall–Kier alpha value is -1.11. The van der Waals surface area contributed by atoms with Gasteiger partial charge in [-0.3, -0.25) is 4.79 Å². The smallest absolute Gasteiger partial charge is 0.155 e. The molecule has 0 aromatic rings. The molecule has 3 fully saturated rings. The molecule has 0 aliphatic heterocycles. The summed E-state index contributed by atoms with van der Waals surface area (Å²) in [5.41, 5.74) is -0.190. The maximum atomic E-state index is 11.9. The molecule has 0 heterocycles. The topological polar surface area (TPSA) is 57.5 Å². The van der Waals surface area contributed by atoms with E-state index in [0.29, 0.717) is 30.6 Å². The molecule has 2 N–H and O–H groups in total. The van der Waals surface area contributed by atoms with Gasteiger partial charge in [0.15, 0.2) is 5.78 Å². The molecule has 3 saturated carbocycles. The molecule has 3 nitrogen and oxygen atoms in total. The fraction of sp³-hybridized carbons (Fsp3) is 0.762. The molecule has 130 valence electrons. The van der Waals surface area contributed by atoms with Gasteiger partial charge in [-0.05, 0) is 68.8 Å². The Labute approximate surface area is 144 Å². The van der Waals surface area contributed by atoms with Crippen LogP contribution in [0.4, 0.5) is 0 Å². The molecule has 3 heteroatoms. The van der Waals surface area contributed by atoms with Crippen LogP contribution in [0, 0.1) is 40.9 Å². The molecule has 4 rings (SSSR count). The number of carbonyl (C=O) groups is 1. The molecule has 0 amide bonds. The van der Waals surface area contributed by atoms with Crippen molar-refractivity contribution in [2.45, 2.75) is 63.9 Å². The van der Waals surface area contributed by atoms with Crippen molar-refractivity contribution in [1.29, 1.82) is 0 Å². The predicted octanol–water partition coefficient (Wildman–Crippen LogP) is 2.86. The number of rotatable bonds is 1. The quantitative estimate of drug-likeness (QED) is 0.728. The molecule has 4 aliphatic rings. The van der Waals surface area contributed by atoms with E-state index in [1.165, 1.54) is 5.57 Å². The third kappa shape index (κ3) is 1.85. The van der Waals surface area contributed by atoms with Gasteiger partial charge in [-0.1, -0.05) is 18.4 Å². The monoisotopic (exact) mass is 328 g/mol. The van der Waals surface area contributed by atoms with Crippen molar-refractivity contribution < 1.29 is 15.0 Å². The first kappa shape index (κ1) is 16.4. The number of terminal acetylenes is 1. The van der Waals surface area contributed by atoms with Gasteiger partial charge in [0, 0.05) is 17.3 Å². The molecule has 0 spiro atoms. The molecule has 6 atom stereocenters. The van der Waals surface area contributed by atoms with Crippen LogP contribution in [0.2, 0.25) is 0 Å². The second kappa shape index (κ2) is 5.19. The van der Waals surface area contributed by atoms with E-state index in [4.69, 9.17) is 6.42 Å². The summed E-state index contributed by atoms with van der Waals surface area (Å²) < 4.78 is 0. The Kier molecular flexibility index (Phi) is 3.54. The molecule has 1 unspecified atom stereocenters. The lowest BCUT2D eigenvalue weighted by molar-refractivity contribution is -0.123. The standard InChI is InChI=1S/C21H28O3/c1-3-21(24)11-8-17-16-5-4-14-12-15(23)6-10-20(14,13-22)18(16)7-9-19(17,21)2/h1,12,16-18,22,24H,4-11,13H2,2H3/t16-,17-,18+,19-,20+,21?/m0/s1. The predicted molar refractivity (Wildman–Crippen MR) is 91.9 cm³/mol. The van der Waals surface area contributed by atoms with Crippen LogP contribution in [-0.4, -0.2) is 28.2 Å². The fourth-order valence-corrected chi connectivity index (χ4v) is 6.91. The third-order valence-electron chi connectivity index (χ3n) is 8.36. The maximum Gasteiger partial charge on any atom is 0.155 e. The van der Waals surface area contributed by atoms with Gasteiger partial charge in [0.05, 0.1) is 6.61 Å². The zero-order valence-corrected chi connectivity index (χ0v) is 14.6. The van der Waals surface area contributed by atoms with Crippen molar-refractivity contribution in [2.24, 2.45) is 28.6 Å². The Morgan fingerprint density at radius 2 is 1.96 bits per heavy atom. The summed E-state index contributed by atoms with van der Waals surface area (Å²) in [6.45, 7) is 2.33. The minimum Gasteiger partial charge on any atom is -0.395 e. The highest BCUT2D eigenvalue weighted by atomic mass is 16.3. The van der Waals surface area contributed by atoms with Crippen molar-refractivity contribution in [2.75, 3.05) is 6.61 Å². The average molecular weight is 328 g/mol. The molecule has 24 heavy (non-hydrogen) atoms. The van der Waals surface area contributed by atoms with Gasteiger partial charge in [0.25, 0.3) is 0 Å². The van der Waals surface area contributed by atoms with Crippen LogP contribution < -0.4 is 0 Å². The van der Waals surface area contributed by atoms with Crippen molar-refractivity contribution in [1.82, 2.24) is 0 Å². The summed E-state index contributed by atoms with van der Waals surface area (Å²) in [4.78, 5) is 11.9. The SMILES string of the molecule is C#CC1(O)CC[C@H]2[C@@H]3CCC4=CC(=O)CC[C@]4(CO)[C@@H]3CC[C@@]21C. The normalized spacial score (nSPS) is 50.3. The largest absolute Gasteiger partial charge is 0.395 e. The van der Waals surface area contributed by atoms with Crippen LogP contribution >= 0.6 is 0 Å². The summed E-state index contributed by atoms with van der Waals surface area (Å²) in [5.74, 6) is 4.29. The molecular formula is C21H28O3.